The van der Waals surface area contributed by atoms with E-state index in [9.17, 15) is 0 Å². The summed E-state index contributed by atoms with van der Waals surface area (Å²) in [5, 5.41) is 3.73. The highest BCUT2D eigenvalue weighted by atomic mass is 35.5. The lowest BCUT2D eigenvalue weighted by Crippen LogP contribution is -2.65. The summed E-state index contributed by atoms with van der Waals surface area (Å²) in [5.74, 6) is 2.42. The SMILES string of the molecule is CC(C)SCC1CN(c2ccc(C(C)C)c3cc(Cl)ncc23)C1(C)C. The van der Waals surface area contributed by atoms with Crippen LogP contribution in [0, 0.1) is 5.92 Å². The molecule has 2 heterocycles. The van der Waals surface area contributed by atoms with Crippen molar-refractivity contribution in [3.05, 3.63) is 35.1 Å². The molecule has 1 aliphatic rings. The van der Waals surface area contributed by atoms with Gasteiger partial charge in [0.1, 0.15) is 5.15 Å². The van der Waals surface area contributed by atoms with Crippen molar-refractivity contribution in [2.45, 2.75) is 58.2 Å². The first kappa shape index (κ1) is 18.8. The molecule has 0 aliphatic carbocycles. The third-order valence-corrected chi connectivity index (χ3v) is 6.99. The van der Waals surface area contributed by atoms with Crippen LogP contribution in [-0.2, 0) is 0 Å². The largest absolute Gasteiger partial charge is 0.365 e. The van der Waals surface area contributed by atoms with Crippen LogP contribution in [0.3, 0.4) is 0 Å². The smallest absolute Gasteiger partial charge is 0.129 e. The van der Waals surface area contributed by atoms with Gasteiger partial charge in [-0.1, -0.05) is 45.4 Å². The van der Waals surface area contributed by atoms with Gasteiger partial charge in [-0.05, 0) is 48.1 Å². The molecule has 1 saturated heterocycles. The van der Waals surface area contributed by atoms with Crippen molar-refractivity contribution in [2.75, 3.05) is 17.2 Å². The topological polar surface area (TPSA) is 16.1 Å². The van der Waals surface area contributed by atoms with E-state index in [1.54, 1.807) is 0 Å². The van der Waals surface area contributed by atoms with E-state index in [1.807, 2.05) is 12.3 Å². The number of fused-ring (bicyclic) bond motifs is 1. The van der Waals surface area contributed by atoms with Gasteiger partial charge in [-0.15, -0.1) is 0 Å². The maximum absolute atomic E-state index is 6.20. The number of pyridine rings is 1. The summed E-state index contributed by atoms with van der Waals surface area (Å²) in [6.45, 7) is 14.9. The Labute approximate surface area is 161 Å². The third kappa shape index (κ3) is 3.50. The first-order valence-electron chi connectivity index (χ1n) is 9.19. The Morgan fingerprint density at radius 1 is 1.24 bits per heavy atom. The molecule has 0 N–H and O–H groups in total. The van der Waals surface area contributed by atoms with E-state index in [-0.39, 0.29) is 5.54 Å². The van der Waals surface area contributed by atoms with Crippen molar-refractivity contribution in [1.82, 2.24) is 4.98 Å². The Balaban J connectivity index is 1.96. The van der Waals surface area contributed by atoms with Crippen LogP contribution in [0.4, 0.5) is 5.69 Å². The van der Waals surface area contributed by atoms with Crippen LogP contribution < -0.4 is 4.90 Å². The van der Waals surface area contributed by atoms with Crippen LogP contribution in [-0.4, -0.2) is 28.1 Å². The lowest BCUT2D eigenvalue weighted by molar-refractivity contribution is 0.224. The van der Waals surface area contributed by atoms with Gasteiger partial charge in [0.15, 0.2) is 0 Å². The summed E-state index contributed by atoms with van der Waals surface area (Å²) in [7, 11) is 0. The predicted molar refractivity (Wildman–Crippen MR) is 113 cm³/mol. The van der Waals surface area contributed by atoms with E-state index in [0.29, 0.717) is 16.3 Å². The van der Waals surface area contributed by atoms with Crippen LogP contribution in [0.5, 0.6) is 0 Å². The van der Waals surface area contributed by atoms with Gasteiger partial charge in [0.2, 0.25) is 0 Å². The van der Waals surface area contributed by atoms with Gasteiger partial charge in [0.05, 0.1) is 0 Å². The Morgan fingerprint density at radius 3 is 2.56 bits per heavy atom. The number of benzene rings is 1. The first-order chi connectivity index (χ1) is 11.7. The van der Waals surface area contributed by atoms with Crippen molar-refractivity contribution >= 4 is 39.8 Å². The monoisotopic (exact) mass is 376 g/mol. The highest BCUT2D eigenvalue weighted by Gasteiger charge is 2.46. The summed E-state index contributed by atoms with van der Waals surface area (Å²) < 4.78 is 0. The number of halogens is 1. The Morgan fingerprint density at radius 2 is 1.96 bits per heavy atom. The molecule has 1 atom stereocenters. The predicted octanol–water partition coefficient (Wildman–Crippen LogP) is 6.37. The van der Waals surface area contributed by atoms with Crippen LogP contribution in [0.2, 0.25) is 5.15 Å². The lowest BCUT2D eigenvalue weighted by atomic mass is 9.77. The molecular formula is C21H29ClN2S. The summed E-state index contributed by atoms with van der Waals surface area (Å²) in [5.41, 5.74) is 2.81. The number of nitrogens with zero attached hydrogens (tertiary/aromatic N) is 2. The van der Waals surface area contributed by atoms with Crippen molar-refractivity contribution in [3.63, 3.8) is 0 Å². The Hall–Kier alpha value is -0.930. The molecule has 4 heteroatoms. The number of hydrogen-bond acceptors (Lipinski definition) is 3. The van der Waals surface area contributed by atoms with E-state index in [4.69, 9.17) is 11.6 Å². The zero-order valence-corrected chi connectivity index (χ0v) is 17.7. The maximum Gasteiger partial charge on any atom is 0.129 e. The van der Waals surface area contributed by atoms with Crippen molar-refractivity contribution in [2.24, 2.45) is 5.92 Å². The second-order valence-corrected chi connectivity index (χ2v) is 10.2. The average molecular weight is 377 g/mol. The molecule has 0 saturated carbocycles. The Bertz CT molecular complexity index is 770. The molecule has 0 amide bonds. The second-order valence-electron chi connectivity index (χ2n) is 8.22. The molecule has 0 spiro atoms. The highest BCUT2D eigenvalue weighted by molar-refractivity contribution is 7.99. The highest BCUT2D eigenvalue weighted by Crippen LogP contribution is 2.45. The number of aromatic nitrogens is 1. The number of hydrogen-bond donors (Lipinski definition) is 0. The van der Waals surface area contributed by atoms with Crippen molar-refractivity contribution < 1.29 is 0 Å². The van der Waals surface area contributed by atoms with Crippen LogP contribution in [0.25, 0.3) is 10.8 Å². The quantitative estimate of drug-likeness (QED) is 0.564. The van der Waals surface area contributed by atoms with E-state index in [1.165, 1.54) is 27.8 Å². The third-order valence-electron chi connectivity index (χ3n) is 5.52. The van der Waals surface area contributed by atoms with E-state index in [0.717, 1.165) is 12.5 Å². The normalized spacial score (nSPS) is 19.7. The minimum absolute atomic E-state index is 0.174. The van der Waals surface area contributed by atoms with Gasteiger partial charge in [0, 0.05) is 41.0 Å². The number of thioether (sulfide) groups is 1. The zero-order chi connectivity index (χ0) is 18.4. The number of rotatable bonds is 5. The fourth-order valence-electron chi connectivity index (χ4n) is 3.72. The fourth-order valence-corrected chi connectivity index (χ4v) is 5.01. The van der Waals surface area contributed by atoms with Gasteiger partial charge < -0.3 is 4.90 Å². The molecule has 1 aromatic carbocycles. The van der Waals surface area contributed by atoms with Gasteiger partial charge >= 0.3 is 0 Å². The van der Waals surface area contributed by atoms with Gasteiger partial charge in [0.25, 0.3) is 0 Å². The molecule has 2 aromatic rings. The van der Waals surface area contributed by atoms with E-state index >= 15 is 0 Å². The second kappa shape index (κ2) is 7.00. The Kier molecular flexibility index (Phi) is 5.28. The van der Waals surface area contributed by atoms with Gasteiger partial charge in [-0.2, -0.15) is 11.8 Å². The first-order valence-corrected chi connectivity index (χ1v) is 10.6. The molecule has 3 rings (SSSR count). The van der Waals surface area contributed by atoms with Crippen LogP contribution >= 0.6 is 23.4 Å². The molecule has 1 aliphatic heterocycles. The molecule has 0 radical (unpaired) electrons. The lowest BCUT2D eigenvalue weighted by Gasteiger charge is -2.57. The van der Waals surface area contributed by atoms with Crippen LogP contribution in [0.1, 0.15) is 53.0 Å². The standard InChI is InChI=1S/C21H29ClN2S/c1-13(2)16-7-8-19(18-10-23-20(22)9-17(16)18)24-11-15(21(24,5)6)12-25-14(3)4/h7-10,13-15H,11-12H2,1-6H3. The van der Waals surface area contributed by atoms with E-state index in [2.05, 4.69) is 75.3 Å². The van der Waals surface area contributed by atoms with Crippen LogP contribution in [0.15, 0.2) is 24.4 Å². The fraction of sp³-hybridized carbons (Fsp3) is 0.571. The van der Waals surface area contributed by atoms with E-state index < -0.39 is 0 Å². The minimum atomic E-state index is 0.174. The van der Waals surface area contributed by atoms with Gasteiger partial charge in [-0.25, -0.2) is 4.98 Å². The summed E-state index contributed by atoms with van der Waals surface area (Å²) >= 11 is 8.27. The molecule has 136 valence electrons. The summed E-state index contributed by atoms with van der Waals surface area (Å²) in [6, 6.07) is 6.57. The van der Waals surface area contributed by atoms with Crippen molar-refractivity contribution in [1.29, 1.82) is 0 Å². The molecule has 1 unspecified atom stereocenters. The average Bonchev–Trinajstić information content (AvgIpc) is 2.52. The molecule has 1 aromatic heterocycles. The summed E-state index contributed by atoms with van der Waals surface area (Å²) in [6.07, 6.45) is 1.95. The summed E-state index contributed by atoms with van der Waals surface area (Å²) in [4.78, 5) is 6.91. The minimum Gasteiger partial charge on any atom is -0.365 e. The molecular weight excluding hydrogens is 348 g/mol. The van der Waals surface area contributed by atoms with Gasteiger partial charge in [-0.3, -0.25) is 0 Å². The molecule has 2 nitrogen and oxygen atoms in total. The number of anilines is 1. The zero-order valence-electron chi connectivity index (χ0n) is 16.1. The molecule has 25 heavy (non-hydrogen) atoms. The molecule has 1 fully saturated rings. The molecule has 0 bridgehead atoms. The van der Waals surface area contributed by atoms with Crippen molar-refractivity contribution in [3.8, 4) is 0 Å². The maximum atomic E-state index is 6.20.